The topological polar surface area (TPSA) is 46.5 Å². The Morgan fingerprint density at radius 3 is 2.81 bits per heavy atom. The van der Waals surface area contributed by atoms with E-state index >= 15 is 0 Å². The van der Waals surface area contributed by atoms with Crippen molar-refractivity contribution in [3.8, 4) is 11.5 Å². The van der Waals surface area contributed by atoms with Gasteiger partial charge < -0.3 is 9.84 Å². The molecule has 27 heavy (non-hydrogen) atoms. The second-order valence-electron chi connectivity index (χ2n) is 8.14. The zero-order valence-corrected chi connectivity index (χ0v) is 16.0. The van der Waals surface area contributed by atoms with Gasteiger partial charge in [0.05, 0.1) is 11.7 Å². The van der Waals surface area contributed by atoms with Gasteiger partial charge in [0.25, 0.3) is 0 Å². The Kier molecular flexibility index (Phi) is 5.20. The molecule has 0 aliphatic heterocycles. The number of hydrogen-bond donors (Lipinski definition) is 1. The Labute approximate surface area is 161 Å². The molecule has 3 atom stereocenters. The van der Waals surface area contributed by atoms with Gasteiger partial charge in [0.1, 0.15) is 11.5 Å². The first-order valence-electron chi connectivity index (χ1n) is 10.2. The molecule has 142 valence electrons. The highest BCUT2D eigenvalue weighted by molar-refractivity contribution is 6.01. The molecule has 2 aromatic carbocycles. The minimum absolute atomic E-state index is 0.0739. The predicted octanol–water partition coefficient (Wildman–Crippen LogP) is 5.65. The van der Waals surface area contributed by atoms with Crippen LogP contribution in [-0.4, -0.2) is 17.0 Å². The summed E-state index contributed by atoms with van der Waals surface area (Å²) in [6.07, 6.45) is 7.12. The number of fused-ring (bicyclic) bond motifs is 3. The number of hydrogen-bond acceptors (Lipinski definition) is 3. The summed E-state index contributed by atoms with van der Waals surface area (Å²) < 4.78 is 6.11. The van der Waals surface area contributed by atoms with Gasteiger partial charge in [-0.1, -0.05) is 36.8 Å². The smallest absolute Gasteiger partial charge is 0.167 e. The monoisotopic (exact) mass is 364 g/mol. The van der Waals surface area contributed by atoms with E-state index in [9.17, 15) is 9.90 Å². The highest BCUT2D eigenvalue weighted by Gasteiger charge is 2.38. The molecule has 1 fully saturated rings. The number of ketones is 1. The summed E-state index contributed by atoms with van der Waals surface area (Å²) in [5, 5.41) is 10.5. The van der Waals surface area contributed by atoms with Gasteiger partial charge in [0.2, 0.25) is 0 Å². The molecule has 0 radical (unpaired) electrons. The molecule has 2 aliphatic rings. The molecule has 3 heteroatoms. The van der Waals surface area contributed by atoms with Gasteiger partial charge in [0.15, 0.2) is 5.78 Å². The minimum atomic E-state index is 0.0739. The lowest BCUT2D eigenvalue weighted by Crippen LogP contribution is -2.22. The van der Waals surface area contributed by atoms with Crippen LogP contribution in [0.15, 0.2) is 42.5 Å². The Bertz CT molecular complexity index is 812. The summed E-state index contributed by atoms with van der Waals surface area (Å²) in [4.78, 5) is 12.5. The summed E-state index contributed by atoms with van der Waals surface area (Å²) >= 11 is 0. The van der Waals surface area contributed by atoms with E-state index in [0.29, 0.717) is 29.6 Å². The Morgan fingerprint density at radius 2 is 2.00 bits per heavy atom. The molecule has 2 aliphatic carbocycles. The maximum atomic E-state index is 12.5. The summed E-state index contributed by atoms with van der Waals surface area (Å²) in [6, 6.07) is 14.1. The van der Waals surface area contributed by atoms with E-state index in [-0.39, 0.29) is 17.6 Å². The standard InChI is InChI=1S/C24H28O3/c1-16(7-5-10-17-8-3-2-4-9-17)27-19-14-21-20-12-6-11-18(20)13-22(25)24(21)23(26)15-19/h2-4,8-9,14-16,18,20,26H,5-7,10-13H2,1H3/t16?,18-,20+/m0/s1. The average molecular weight is 364 g/mol. The summed E-state index contributed by atoms with van der Waals surface area (Å²) in [7, 11) is 0. The normalized spacial score (nSPS) is 22.2. The van der Waals surface area contributed by atoms with Crippen LogP contribution < -0.4 is 4.74 Å². The fraction of sp³-hybridized carbons (Fsp3) is 0.458. The van der Waals surface area contributed by atoms with Crippen LogP contribution in [0.1, 0.15) is 72.9 Å². The van der Waals surface area contributed by atoms with Gasteiger partial charge in [-0.15, -0.1) is 0 Å². The van der Waals surface area contributed by atoms with E-state index in [0.717, 1.165) is 37.7 Å². The van der Waals surface area contributed by atoms with Gasteiger partial charge >= 0.3 is 0 Å². The number of carbonyl (C=O) groups excluding carboxylic acids is 1. The number of Topliss-reactive ketones (excluding diaryl/α,β-unsaturated/α-hetero) is 1. The fourth-order valence-corrected chi connectivity index (χ4v) is 4.85. The molecule has 0 aromatic heterocycles. The van der Waals surface area contributed by atoms with Crippen LogP contribution in [0, 0.1) is 5.92 Å². The number of benzene rings is 2. The van der Waals surface area contributed by atoms with E-state index in [1.54, 1.807) is 6.07 Å². The molecule has 3 nitrogen and oxygen atoms in total. The molecule has 4 rings (SSSR count). The van der Waals surface area contributed by atoms with E-state index in [4.69, 9.17) is 4.74 Å². The van der Waals surface area contributed by atoms with E-state index in [1.165, 1.54) is 12.0 Å². The maximum absolute atomic E-state index is 12.5. The van der Waals surface area contributed by atoms with Crippen molar-refractivity contribution in [2.75, 3.05) is 0 Å². The van der Waals surface area contributed by atoms with Gasteiger partial charge in [0, 0.05) is 12.5 Å². The molecule has 0 saturated heterocycles. The second kappa shape index (κ2) is 7.75. The van der Waals surface area contributed by atoms with Crippen LogP contribution in [0.25, 0.3) is 0 Å². The van der Waals surface area contributed by atoms with Gasteiger partial charge in [-0.25, -0.2) is 0 Å². The molecular weight excluding hydrogens is 336 g/mol. The van der Waals surface area contributed by atoms with Crippen molar-refractivity contribution in [3.05, 3.63) is 59.2 Å². The van der Waals surface area contributed by atoms with Crippen LogP contribution in [0.5, 0.6) is 11.5 Å². The molecule has 0 spiro atoms. The highest BCUT2D eigenvalue weighted by Crippen LogP contribution is 2.49. The van der Waals surface area contributed by atoms with Crippen LogP contribution in [-0.2, 0) is 6.42 Å². The van der Waals surface area contributed by atoms with Crippen molar-refractivity contribution in [3.63, 3.8) is 0 Å². The molecular formula is C24H28O3. The van der Waals surface area contributed by atoms with Crippen molar-refractivity contribution in [1.29, 1.82) is 0 Å². The lowest BCUT2D eigenvalue weighted by molar-refractivity contribution is 0.0940. The lowest BCUT2D eigenvalue weighted by Gasteiger charge is -2.28. The number of phenols is 1. The van der Waals surface area contributed by atoms with Crippen molar-refractivity contribution in [2.45, 2.75) is 63.9 Å². The third kappa shape index (κ3) is 3.87. The predicted molar refractivity (Wildman–Crippen MR) is 107 cm³/mol. The minimum Gasteiger partial charge on any atom is -0.507 e. The third-order valence-electron chi connectivity index (χ3n) is 6.16. The fourth-order valence-electron chi connectivity index (χ4n) is 4.85. The second-order valence-corrected chi connectivity index (χ2v) is 8.14. The molecule has 2 aromatic rings. The molecule has 1 N–H and O–H groups in total. The number of carbonyl (C=O) groups is 1. The van der Waals surface area contributed by atoms with Gasteiger partial charge in [-0.2, -0.15) is 0 Å². The van der Waals surface area contributed by atoms with Gasteiger partial charge in [-0.05, 0) is 68.1 Å². The zero-order valence-electron chi connectivity index (χ0n) is 16.0. The lowest BCUT2D eigenvalue weighted by atomic mass is 9.76. The first-order valence-corrected chi connectivity index (χ1v) is 10.2. The Morgan fingerprint density at radius 1 is 1.19 bits per heavy atom. The van der Waals surface area contributed by atoms with Crippen LogP contribution in [0.2, 0.25) is 0 Å². The van der Waals surface area contributed by atoms with Crippen LogP contribution >= 0.6 is 0 Å². The van der Waals surface area contributed by atoms with Crippen molar-refractivity contribution < 1.29 is 14.6 Å². The van der Waals surface area contributed by atoms with Crippen LogP contribution in [0.4, 0.5) is 0 Å². The summed E-state index contributed by atoms with van der Waals surface area (Å²) in [5.41, 5.74) is 2.91. The van der Waals surface area contributed by atoms with E-state index in [2.05, 4.69) is 31.2 Å². The molecule has 0 amide bonds. The number of aryl methyl sites for hydroxylation is 1. The quantitative estimate of drug-likeness (QED) is 0.720. The van der Waals surface area contributed by atoms with Crippen molar-refractivity contribution in [2.24, 2.45) is 5.92 Å². The zero-order chi connectivity index (χ0) is 18.8. The number of rotatable bonds is 6. The molecule has 1 unspecified atom stereocenters. The van der Waals surface area contributed by atoms with Gasteiger partial charge in [-0.3, -0.25) is 4.79 Å². The first-order chi connectivity index (χ1) is 13.1. The number of phenolic OH excluding ortho intramolecular Hbond substituents is 1. The Balaban J connectivity index is 1.42. The SMILES string of the molecule is CC(CCCc1ccccc1)Oc1cc(O)c2c(c1)[C@@H]1CCC[C@H]1CC2=O. The molecule has 1 saturated carbocycles. The van der Waals surface area contributed by atoms with Crippen molar-refractivity contribution >= 4 is 5.78 Å². The van der Waals surface area contributed by atoms with Crippen LogP contribution in [0.3, 0.4) is 0 Å². The van der Waals surface area contributed by atoms with E-state index in [1.807, 2.05) is 12.1 Å². The Hall–Kier alpha value is -2.29. The highest BCUT2D eigenvalue weighted by atomic mass is 16.5. The van der Waals surface area contributed by atoms with E-state index < -0.39 is 0 Å². The largest absolute Gasteiger partial charge is 0.507 e. The average Bonchev–Trinajstić information content (AvgIpc) is 3.11. The maximum Gasteiger partial charge on any atom is 0.167 e. The number of aromatic hydroxyl groups is 1. The summed E-state index contributed by atoms with van der Waals surface area (Å²) in [6.45, 7) is 2.07. The summed E-state index contributed by atoms with van der Waals surface area (Å²) in [5.74, 6) is 1.73. The molecule has 0 bridgehead atoms. The molecule has 0 heterocycles. The third-order valence-corrected chi connectivity index (χ3v) is 6.16. The van der Waals surface area contributed by atoms with Crippen molar-refractivity contribution in [1.82, 2.24) is 0 Å². The number of ether oxygens (including phenoxy) is 1. The first kappa shape index (κ1) is 18.1.